The summed E-state index contributed by atoms with van der Waals surface area (Å²) in [7, 11) is 0. The van der Waals surface area contributed by atoms with Crippen LogP contribution >= 0.6 is 0 Å². The lowest BCUT2D eigenvalue weighted by atomic mass is 9.89. The molecule has 2 N–H and O–H groups in total. The highest BCUT2D eigenvalue weighted by molar-refractivity contribution is 5.77. The van der Waals surface area contributed by atoms with Gasteiger partial charge in [0, 0.05) is 12.5 Å². The van der Waals surface area contributed by atoms with Crippen LogP contribution in [0.5, 0.6) is 0 Å². The van der Waals surface area contributed by atoms with Crippen LogP contribution in [0.15, 0.2) is 18.2 Å². The van der Waals surface area contributed by atoms with Crippen LogP contribution in [0, 0.1) is 0 Å². The van der Waals surface area contributed by atoms with Gasteiger partial charge in [-0.3, -0.25) is 4.79 Å². The summed E-state index contributed by atoms with van der Waals surface area (Å²) in [6.07, 6.45) is 7.94. The predicted octanol–water partition coefficient (Wildman–Crippen LogP) is 2.88. The summed E-state index contributed by atoms with van der Waals surface area (Å²) in [4.78, 5) is 12.1. The zero-order chi connectivity index (χ0) is 14.7. The minimum atomic E-state index is 0.103. The number of rotatable bonds is 4. The van der Waals surface area contributed by atoms with Crippen LogP contribution in [-0.2, 0) is 17.6 Å². The monoisotopic (exact) mass is 286 g/mol. The first-order valence-corrected chi connectivity index (χ1v) is 8.37. The van der Waals surface area contributed by atoms with Crippen molar-refractivity contribution in [3.63, 3.8) is 0 Å². The first-order valence-electron chi connectivity index (χ1n) is 8.37. The molecule has 0 radical (unpaired) electrons. The van der Waals surface area contributed by atoms with Crippen molar-refractivity contribution in [1.29, 1.82) is 0 Å². The van der Waals surface area contributed by atoms with Gasteiger partial charge in [-0.05, 0) is 68.7 Å². The molecular formula is C18H26N2O. The molecule has 0 bridgehead atoms. The van der Waals surface area contributed by atoms with Gasteiger partial charge in [0.05, 0.1) is 6.04 Å². The SMILES string of the molecule is CC(NC(=O)CC1CCCN1)c1ccc2c(c1)CCCC2. The number of carbonyl (C=O) groups excluding carboxylic acids is 1. The van der Waals surface area contributed by atoms with Gasteiger partial charge in [0.1, 0.15) is 0 Å². The van der Waals surface area contributed by atoms with Crippen LogP contribution in [0.4, 0.5) is 0 Å². The Labute approximate surface area is 127 Å². The molecule has 1 aliphatic heterocycles. The molecule has 2 unspecified atom stereocenters. The second-order valence-electron chi connectivity index (χ2n) is 6.52. The van der Waals surface area contributed by atoms with Crippen molar-refractivity contribution in [2.45, 2.75) is 64.0 Å². The van der Waals surface area contributed by atoms with E-state index in [1.165, 1.54) is 48.8 Å². The quantitative estimate of drug-likeness (QED) is 0.893. The second-order valence-corrected chi connectivity index (χ2v) is 6.52. The highest BCUT2D eigenvalue weighted by atomic mass is 16.1. The first kappa shape index (κ1) is 14.6. The van der Waals surface area contributed by atoms with Crippen molar-refractivity contribution in [3.05, 3.63) is 34.9 Å². The Morgan fingerprint density at radius 2 is 2.10 bits per heavy atom. The minimum absolute atomic E-state index is 0.103. The lowest BCUT2D eigenvalue weighted by molar-refractivity contribution is -0.122. The van der Waals surface area contributed by atoms with E-state index in [1.807, 2.05) is 0 Å². The molecule has 0 spiro atoms. The normalized spacial score (nSPS) is 22.6. The van der Waals surface area contributed by atoms with Crippen molar-refractivity contribution >= 4 is 5.91 Å². The van der Waals surface area contributed by atoms with Crippen molar-refractivity contribution < 1.29 is 4.79 Å². The van der Waals surface area contributed by atoms with E-state index in [0.717, 1.165) is 13.0 Å². The van der Waals surface area contributed by atoms with Crippen LogP contribution in [0.25, 0.3) is 0 Å². The number of benzene rings is 1. The fourth-order valence-electron chi connectivity index (χ4n) is 3.56. The van der Waals surface area contributed by atoms with Gasteiger partial charge in [-0.15, -0.1) is 0 Å². The molecule has 2 atom stereocenters. The fourth-order valence-corrected chi connectivity index (χ4v) is 3.56. The summed E-state index contributed by atoms with van der Waals surface area (Å²) < 4.78 is 0. The average Bonchev–Trinajstić information content (AvgIpc) is 2.99. The van der Waals surface area contributed by atoms with Gasteiger partial charge in [-0.1, -0.05) is 18.2 Å². The molecule has 0 aromatic heterocycles. The van der Waals surface area contributed by atoms with E-state index in [0.29, 0.717) is 12.5 Å². The number of hydrogen-bond donors (Lipinski definition) is 2. The van der Waals surface area contributed by atoms with Gasteiger partial charge >= 0.3 is 0 Å². The summed E-state index contributed by atoms with van der Waals surface area (Å²) in [5, 5.41) is 6.53. The van der Waals surface area contributed by atoms with E-state index >= 15 is 0 Å². The van der Waals surface area contributed by atoms with Gasteiger partial charge in [0.2, 0.25) is 5.91 Å². The summed E-state index contributed by atoms with van der Waals surface area (Å²) in [6, 6.07) is 7.22. The molecule has 21 heavy (non-hydrogen) atoms. The number of fused-ring (bicyclic) bond motifs is 1. The molecule has 1 aliphatic carbocycles. The Kier molecular flexibility index (Phi) is 4.59. The number of nitrogens with one attached hydrogen (secondary N) is 2. The molecule has 1 fully saturated rings. The van der Waals surface area contributed by atoms with E-state index in [4.69, 9.17) is 0 Å². The molecule has 1 aromatic rings. The van der Waals surface area contributed by atoms with Crippen LogP contribution in [0.2, 0.25) is 0 Å². The van der Waals surface area contributed by atoms with E-state index in [1.54, 1.807) is 0 Å². The maximum Gasteiger partial charge on any atom is 0.222 e. The number of carbonyl (C=O) groups is 1. The van der Waals surface area contributed by atoms with Crippen LogP contribution < -0.4 is 10.6 Å². The lowest BCUT2D eigenvalue weighted by Gasteiger charge is -2.20. The highest BCUT2D eigenvalue weighted by Gasteiger charge is 2.19. The third-order valence-corrected chi connectivity index (χ3v) is 4.84. The molecule has 1 amide bonds. The molecular weight excluding hydrogens is 260 g/mol. The van der Waals surface area contributed by atoms with E-state index in [9.17, 15) is 4.79 Å². The smallest absolute Gasteiger partial charge is 0.222 e. The van der Waals surface area contributed by atoms with Crippen molar-refractivity contribution in [3.8, 4) is 0 Å². The third-order valence-electron chi connectivity index (χ3n) is 4.84. The van der Waals surface area contributed by atoms with E-state index in [2.05, 4.69) is 35.8 Å². The molecule has 2 aliphatic rings. The molecule has 3 nitrogen and oxygen atoms in total. The highest BCUT2D eigenvalue weighted by Crippen LogP contribution is 2.24. The maximum atomic E-state index is 12.1. The van der Waals surface area contributed by atoms with Gasteiger partial charge in [0.25, 0.3) is 0 Å². The van der Waals surface area contributed by atoms with E-state index < -0.39 is 0 Å². The van der Waals surface area contributed by atoms with Crippen molar-refractivity contribution in [2.24, 2.45) is 0 Å². The summed E-state index contributed by atoms with van der Waals surface area (Å²) in [5.41, 5.74) is 4.22. The topological polar surface area (TPSA) is 41.1 Å². The fraction of sp³-hybridized carbons (Fsp3) is 0.611. The number of aryl methyl sites for hydroxylation is 2. The molecule has 114 valence electrons. The average molecular weight is 286 g/mol. The predicted molar refractivity (Wildman–Crippen MR) is 85.3 cm³/mol. The standard InChI is InChI=1S/C18H26N2O/c1-13(20-18(21)12-17-7-4-10-19-17)15-9-8-14-5-2-3-6-16(14)11-15/h8-9,11,13,17,19H,2-7,10,12H2,1H3,(H,20,21). The Morgan fingerprint density at radius 1 is 1.29 bits per heavy atom. The Hall–Kier alpha value is -1.35. The summed E-state index contributed by atoms with van der Waals surface area (Å²) >= 11 is 0. The summed E-state index contributed by atoms with van der Waals surface area (Å²) in [6.45, 7) is 3.14. The largest absolute Gasteiger partial charge is 0.350 e. The molecule has 1 aromatic carbocycles. The zero-order valence-corrected chi connectivity index (χ0v) is 13.0. The third kappa shape index (κ3) is 3.65. The van der Waals surface area contributed by atoms with Gasteiger partial charge < -0.3 is 10.6 Å². The van der Waals surface area contributed by atoms with Crippen LogP contribution in [0.3, 0.4) is 0 Å². The zero-order valence-electron chi connectivity index (χ0n) is 13.0. The first-order chi connectivity index (χ1) is 10.2. The number of hydrogen-bond acceptors (Lipinski definition) is 2. The molecule has 3 heteroatoms. The van der Waals surface area contributed by atoms with Gasteiger partial charge in [-0.25, -0.2) is 0 Å². The molecule has 1 heterocycles. The molecule has 3 rings (SSSR count). The minimum Gasteiger partial charge on any atom is -0.350 e. The molecule has 0 saturated carbocycles. The number of amides is 1. The lowest BCUT2D eigenvalue weighted by Crippen LogP contribution is -2.33. The Bertz CT molecular complexity index is 506. The Morgan fingerprint density at radius 3 is 2.86 bits per heavy atom. The van der Waals surface area contributed by atoms with Crippen molar-refractivity contribution in [2.75, 3.05) is 6.54 Å². The van der Waals surface area contributed by atoms with Crippen LogP contribution in [-0.4, -0.2) is 18.5 Å². The summed E-state index contributed by atoms with van der Waals surface area (Å²) in [5.74, 6) is 0.166. The van der Waals surface area contributed by atoms with Crippen molar-refractivity contribution in [1.82, 2.24) is 10.6 Å². The molecule has 1 saturated heterocycles. The second kappa shape index (κ2) is 6.61. The Balaban J connectivity index is 1.59. The van der Waals surface area contributed by atoms with Crippen LogP contribution in [0.1, 0.15) is 61.8 Å². The van der Waals surface area contributed by atoms with Gasteiger partial charge in [-0.2, -0.15) is 0 Å². The maximum absolute atomic E-state index is 12.1. The van der Waals surface area contributed by atoms with Gasteiger partial charge in [0.15, 0.2) is 0 Å². The van der Waals surface area contributed by atoms with E-state index in [-0.39, 0.29) is 11.9 Å².